The Labute approximate surface area is 125 Å². The Kier molecular flexibility index (Phi) is 4.73. The maximum atomic E-state index is 12.3. The molecule has 112 valence electrons. The van der Waals surface area contributed by atoms with Crippen LogP contribution in [0.3, 0.4) is 0 Å². The predicted molar refractivity (Wildman–Crippen MR) is 83.6 cm³/mol. The van der Waals surface area contributed by atoms with Crippen LogP contribution in [-0.2, 0) is 9.59 Å². The van der Waals surface area contributed by atoms with Crippen LogP contribution in [0.2, 0.25) is 0 Å². The van der Waals surface area contributed by atoms with Crippen molar-refractivity contribution in [3.05, 3.63) is 29.8 Å². The van der Waals surface area contributed by atoms with Gasteiger partial charge in [-0.3, -0.25) is 14.6 Å². The van der Waals surface area contributed by atoms with Crippen LogP contribution in [0.4, 0.5) is 5.69 Å². The van der Waals surface area contributed by atoms with E-state index in [1.54, 1.807) is 11.9 Å². The zero-order valence-electron chi connectivity index (χ0n) is 12.7. The molecule has 2 rings (SSSR count). The van der Waals surface area contributed by atoms with Crippen LogP contribution in [0.25, 0.3) is 0 Å². The van der Waals surface area contributed by atoms with Crippen LogP contribution in [-0.4, -0.2) is 42.1 Å². The maximum Gasteiger partial charge on any atom is 0.247 e. The van der Waals surface area contributed by atoms with Crippen molar-refractivity contribution >= 4 is 23.2 Å². The van der Waals surface area contributed by atoms with Gasteiger partial charge in [-0.25, -0.2) is 0 Å². The number of nitrogens with zero attached hydrogens (tertiary/aromatic N) is 2. The first kappa shape index (κ1) is 15.2. The molecule has 5 heteroatoms. The number of benzene rings is 1. The highest BCUT2D eigenvalue weighted by Crippen LogP contribution is 2.19. The summed E-state index contributed by atoms with van der Waals surface area (Å²) in [6.07, 6.45) is 1.61. The number of carbonyl (C=O) groups excluding carboxylic acids is 2. The van der Waals surface area contributed by atoms with Crippen LogP contribution < -0.4 is 5.32 Å². The number of likely N-dealkylation sites (tertiary alicyclic amines) is 1. The standard InChI is InChI=1S/C16H21N3O2/c1-11(17-3)13-6-8-14(9-7-13)18-16(21)15-5-4-10-19(15)12(2)20/h6-9,15H,4-5,10H2,1-3H3,(H,18,21). The van der Waals surface area contributed by atoms with Gasteiger partial charge >= 0.3 is 0 Å². The zero-order chi connectivity index (χ0) is 15.4. The van der Waals surface area contributed by atoms with Crippen molar-refractivity contribution in [3.63, 3.8) is 0 Å². The molecule has 1 aromatic rings. The highest BCUT2D eigenvalue weighted by Gasteiger charge is 2.32. The van der Waals surface area contributed by atoms with Crippen LogP contribution in [0, 0.1) is 0 Å². The largest absolute Gasteiger partial charge is 0.331 e. The molecule has 0 bridgehead atoms. The quantitative estimate of drug-likeness (QED) is 0.865. The molecule has 1 unspecified atom stereocenters. The lowest BCUT2D eigenvalue weighted by molar-refractivity contribution is -0.134. The average molecular weight is 287 g/mol. The molecule has 1 saturated heterocycles. The molecule has 2 amide bonds. The van der Waals surface area contributed by atoms with Gasteiger partial charge in [0.2, 0.25) is 11.8 Å². The summed E-state index contributed by atoms with van der Waals surface area (Å²) in [5, 5.41) is 2.88. The SMILES string of the molecule is CN=C(C)c1ccc(NC(=O)C2CCCN2C(C)=O)cc1. The van der Waals surface area contributed by atoms with Gasteiger partial charge in [-0.15, -0.1) is 0 Å². The summed E-state index contributed by atoms with van der Waals surface area (Å²) in [5.41, 5.74) is 2.72. The number of hydrogen-bond donors (Lipinski definition) is 1. The molecule has 5 nitrogen and oxygen atoms in total. The minimum absolute atomic E-state index is 0.0437. The molecule has 1 fully saturated rings. The molecule has 0 saturated carbocycles. The molecular weight excluding hydrogens is 266 g/mol. The van der Waals surface area contributed by atoms with Crippen LogP contribution in [0.5, 0.6) is 0 Å². The van der Waals surface area contributed by atoms with Gasteiger partial charge in [0.1, 0.15) is 6.04 Å². The molecule has 1 aromatic carbocycles. The third kappa shape index (κ3) is 3.48. The number of rotatable bonds is 3. The fourth-order valence-corrected chi connectivity index (χ4v) is 2.57. The van der Waals surface area contributed by atoms with Crippen molar-refractivity contribution in [2.45, 2.75) is 32.7 Å². The van der Waals surface area contributed by atoms with E-state index in [0.29, 0.717) is 6.54 Å². The number of aliphatic imine (C=N–C) groups is 1. The summed E-state index contributed by atoms with van der Waals surface area (Å²) in [4.78, 5) is 29.5. The van der Waals surface area contributed by atoms with Gasteiger partial charge in [-0.1, -0.05) is 12.1 Å². The second-order valence-corrected chi connectivity index (χ2v) is 5.25. The lowest BCUT2D eigenvalue weighted by Crippen LogP contribution is -2.42. The summed E-state index contributed by atoms with van der Waals surface area (Å²) < 4.78 is 0. The lowest BCUT2D eigenvalue weighted by Gasteiger charge is -2.22. The highest BCUT2D eigenvalue weighted by molar-refractivity contribution is 6.00. The number of hydrogen-bond acceptors (Lipinski definition) is 3. The highest BCUT2D eigenvalue weighted by atomic mass is 16.2. The summed E-state index contributed by atoms with van der Waals surface area (Å²) in [6.45, 7) is 4.11. The van der Waals surface area contributed by atoms with Crippen LogP contribution >= 0.6 is 0 Å². The summed E-state index contributed by atoms with van der Waals surface area (Å²) in [5.74, 6) is -0.158. The smallest absolute Gasteiger partial charge is 0.247 e. The zero-order valence-corrected chi connectivity index (χ0v) is 12.7. The van der Waals surface area contributed by atoms with E-state index in [0.717, 1.165) is 29.8 Å². The van der Waals surface area contributed by atoms with Crippen LogP contribution in [0.1, 0.15) is 32.3 Å². The average Bonchev–Trinajstić information content (AvgIpc) is 2.97. The molecule has 0 spiro atoms. The molecule has 1 N–H and O–H groups in total. The number of anilines is 1. The van der Waals surface area contributed by atoms with E-state index in [-0.39, 0.29) is 17.9 Å². The summed E-state index contributed by atoms with van der Waals surface area (Å²) >= 11 is 0. The topological polar surface area (TPSA) is 61.8 Å². The molecule has 1 atom stereocenters. The van der Waals surface area contributed by atoms with Gasteiger partial charge in [0.15, 0.2) is 0 Å². The monoisotopic (exact) mass is 287 g/mol. The summed E-state index contributed by atoms with van der Waals surface area (Å²) in [7, 11) is 1.75. The van der Waals surface area contributed by atoms with Gasteiger partial charge in [0.25, 0.3) is 0 Å². The second kappa shape index (κ2) is 6.52. The first-order valence-electron chi connectivity index (χ1n) is 7.15. The first-order chi connectivity index (χ1) is 10.0. The Morgan fingerprint density at radius 1 is 1.24 bits per heavy atom. The predicted octanol–water partition coefficient (Wildman–Crippen LogP) is 2.07. The molecule has 0 aromatic heterocycles. The minimum atomic E-state index is -0.346. The normalized spacial score (nSPS) is 18.7. The Morgan fingerprint density at radius 3 is 2.48 bits per heavy atom. The fourth-order valence-electron chi connectivity index (χ4n) is 2.57. The number of amides is 2. The summed E-state index contributed by atoms with van der Waals surface area (Å²) in [6, 6.07) is 7.22. The van der Waals surface area contributed by atoms with E-state index in [2.05, 4.69) is 10.3 Å². The molecule has 1 aliphatic rings. The maximum absolute atomic E-state index is 12.3. The van der Waals surface area contributed by atoms with Crippen molar-refractivity contribution in [1.82, 2.24) is 4.90 Å². The molecule has 21 heavy (non-hydrogen) atoms. The second-order valence-electron chi connectivity index (χ2n) is 5.25. The minimum Gasteiger partial charge on any atom is -0.331 e. The van der Waals surface area contributed by atoms with E-state index in [9.17, 15) is 9.59 Å². The van der Waals surface area contributed by atoms with Crippen LogP contribution in [0.15, 0.2) is 29.3 Å². The van der Waals surface area contributed by atoms with E-state index in [1.807, 2.05) is 31.2 Å². The molecule has 1 aliphatic heterocycles. The van der Waals surface area contributed by atoms with Gasteiger partial charge in [0.05, 0.1) is 0 Å². The third-order valence-electron chi connectivity index (χ3n) is 3.87. The van der Waals surface area contributed by atoms with Gasteiger partial charge in [-0.05, 0) is 37.5 Å². The Hall–Kier alpha value is -2.17. The van der Waals surface area contributed by atoms with Gasteiger partial charge < -0.3 is 10.2 Å². The van der Waals surface area contributed by atoms with E-state index in [1.165, 1.54) is 6.92 Å². The number of carbonyl (C=O) groups is 2. The van der Waals surface area contributed by atoms with Crippen molar-refractivity contribution < 1.29 is 9.59 Å². The molecule has 0 aliphatic carbocycles. The Balaban J connectivity index is 2.04. The number of nitrogens with one attached hydrogen (secondary N) is 1. The van der Waals surface area contributed by atoms with Gasteiger partial charge in [0, 0.05) is 31.9 Å². The van der Waals surface area contributed by atoms with E-state index >= 15 is 0 Å². The fraction of sp³-hybridized carbons (Fsp3) is 0.438. The third-order valence-corrected chi connectivity index (χ3v) is 3.87. The van der Waals surface area contributed by atoms with E-state index < -0.39 is 0 Å². The lowest BCUT2D eigenvalue weighted by atomic mass is 10.1. The first-order valence-corrected chi connectivity index (χ1v) is 7.15. The van der Waals surface area contributed by atoms with Crippen molar-refractivity contribution in [1.29, 1.82) is 0 Å². The molecule has 0 radical (unpaired) electrons. The van der Waals surface area contributed by atoms with Gasteiger partial charge in [-0.2, -0.15) is 0 Å². The van der Waals surface area contributed by atoms with Crippen molar-refractivity contribution in [2.75, 3.05) is 18.9 Å². The molecule has 1 heterocycles. The Morgan fingerprint density at radius 2 is 1.90 bits per heavy atom. The van der Waals surface area contributed by atoms with Crippen molar-refractivity contribution in [3.8, 4) is 0 Å². The van der Waals surface area contributed by atoms with Crippen molar-refractivity contribution in [2.24, 2.45) is 4.99 Å². The molecular formula is C16H21N3O2. The Bertz CT molecular complexity index is 563. The van der Waals surface area contributed by atoms with E-state index in [4.69, 9.17) is 0 Å².